The Bertz CT molecular complexity index is 1080. The highest BCUT2D eigenvalue weighted by Gasteiger charge is 2.21. The zero-order valence-electron chi connectivity index (χ0n) is 15.3. The molecule has 5 heterocycles. The molecule has 0 unspecified atom stereocenters. The molecule has 4 aromatic rings. The third kappa shape index (κ3) is 3.34. The Kier molecular flexibility index (Phi) is 4.46. The number of anilines is 2. The van der Waals surface area contributed by atoms with Crippen LogP contribution in [0.4, 0.5) is 10.9 Å². The van der Waals surface area contributed by atoms with Gasteiger partial charge in [0.1, 0.15) is 22.9 Å². The number of rotatable bonds is 5. The van der Waals surface area contributed by atoms with Crippen LogP contribution in [-0.2, 0) is 4.74 Å². The van der Waals surface area contributed by atoms with Gasteiger partial charge in [0.05, 0.1) is 36.4 Å². The minimum absolute atomic E-state index is 0.0676. The molecule has 0 saturated carbocycles. The summed E-state index contributed by atoms with van der Waals surface area (Å²) in [6, 6.07) is 5.81. The first-order valence-corrected chi connectivity index (χ1v) is 9.90. The summed E-state index contributed by atoms with van der Waals surface area (Å²) in [7, 11) is 0. The normalized spacial score (nSPS) is 15.2. The topological polar surface area (TPSA) is 87.2 Å². The van der Waals surface area contributed by atoms with Gasteiger partial charge >= 0.3 is 0 Å². The predicted octanol–water partition coefficient (Wildman–Crippen LogP) is 4.08. The Labute approximate surface area is 165 Å². The Morgan fingerprint density at radius 3 is 2.89 bits per heavy atom. The summed E-state index contributed by atoms with van der Waals surface area (Å²) in [6.07, 6.45) is 7.02. The van der Waals surface area contributed by atoms with Gasteiger partial charge in [0.25, 0.3) is 0 Å². The van der Waals surface area contributed by atoms with Crippen LogP contribution < -0.4 is 10.1 Å². The van der Waals surface area contributed by atoms with Crippen LogP contribution in [0.15, 0.2) is 41.3 Å². The summed E-state index contributed by atoms with van der Waals surface area (Å²) in [6.45, 7) is 3.36. The fraction of sp³-hybridized carbons (Fsp3) is 0.316. The van der Waals surface area contributed by atoms with Gasteiger partial charge < -0.3 is 23.8 Å². The van der Waals surface area contributed by atoms with Crippen molar-refractivity contribution in [3.63, 3.8) is 0 Å². The van der Waals surface area contributed by atoms with Crippen LogP contribution in [0.3, 0.4) is 0 Å². The second-order valence-corrected chi connectivity index (χ2v) is 7.45. The molecule has 144 valence electrons. The number of ether oxygens (including phenoxy) is 2. The van der Waals surface area contributed by atoms with E-state index in [4.69, 9.17) is 13.9 Å². The van der Waals surface area contributed by atoms with Gasteiger partial charge in [0.15, 0.2) is 0 Å². The van der Waals surface area contributed by atoms with Gasteiger partial charge in [-0.2, -0.15) is 9.36 Å². The van der Waals surface area contributed by atoms with Crippen molar-refractivity contribution < 1.29 is 13.9 Å². The van der Waals surface area contributed by atoms with Gasteiger partial charge in [-0.3, -0.25) is 0 Å². The van der Waals surface area contributed by atoms with Crippen LogP contribution in [0, 0.1) is 6.92 Å². The Morgan fingerprint density at radius 2 is 2.14 bits per heavy atom. The number of nitrogens with zero attached hydrogens (tertiary/aromatic N) is 4. The summed E-state index contributed by atoms with van der Waals surface area (Å²) in [5.74, 6) is 1.04. The molecule has 0 atom stereocenters. The fourth-order valence-electron chi connectivity index (χ4n) is 3.25. The van der Waals surface area contributed by atoms with Gasteiger partial charge in [0, 0.05) is 25.1 Å². The number of aryl methyl sites for hydroxylation is 1. The van der Waals surface area contributed by atoms with Crippen molar-refractivity contribution in [1.82, 2.24) is 18.9 Å². The first-order valence-electron chi connectivity index (χ1n) is 9.13. The highest BCUT2D eigenvalue weighted by atomic mass is 32.1. The molecule has 0 radical (unpaired) electrons. The van der Waals surface area contributed by atoms with Crippen molar-refractivity contribution >= 4 is 33.5 Å². The van der Waals surface area contributed by atoms with Crippen LogP contribution in [0.2, 0.25) is 0 Å². The molecule has 1 aliphatic heterocycles. The van der Waals surface area contributed by atoms with Crippen LogP contribution in [0.5, 0.6) is 5.88 Å². The van der Waals surface area contributed by atoms with E-state index in [0.29, 0.717) is 25.0 Å². The summed E-state index contributed by atoms with van der Waals surface area (Å²) >= 11 is 1.38. The fourth-order valence-corrected chi connectivity index (χ4v) is 3.90. The first-order chi connectivity index (χ1) is 13.8. The van der Waals surface area contributed by atoms with E-state index in [0.717, 1.165) is 40.3 Å². The molecule has 1 aliphatic rings. The molecular weight excluding hydrogens is 378 g/mol. The van der Waals surface area contributed by atoms with Crippen molar-refractivity contribution in [2.75, 3.05) is 18.5 Å². The van der Waals surface area contributed by atoms with Crippen LogP contribution in [-0.4, -0.2) is 38.2 Å². The SMILES string of the molecule is Cc1cc(Nc2nc(OC3CCOCC3)c3c(ccn3-c3ccoc3)n2)sn1. The second kappa shape index (κ2) is 7.25. The molecule has 9 heteroatoms. The van der Waals surface area contributed by atoms with Crippen molar-refractivity contribution in [3.8, 4) is 11.6 Å². The highest BCUT2D eigenvalue weighted by Crippen LogP contribution is 2.31. The van der Waals surface area contributed by atoms with E-state index in [2.05, 4.69) is 19.7 Å². The molecule has 0 amide bonds. The van der Waals surface area contributed by atoms with Gasteiger partial charge in [-0.25, -0.2) is 4.98 Å². The van der Waals surface area contributed by atoms with Gasteiger partial charge in [-0.15, -0.1) is 0 Å². The number of fused-ring (bicyclic) bond motifs is 1. The molecule has 4 aromatic heterocycles. The molecule has 0 spiro atoms. The standard InChI is InChI=1S/C19H19N5O3S/c1-12-10-16(28-23-12)21-19-20-15-2-6-24(13-3-7-26-11-13)17(15)18(22-19)27-14-4-8-25-9-5-14/h2-3,6-7,10-11,14H,4-5,8-9H2,1H3,(H,20,21,22). The van der Waals surface area contributed by atoms with Crippen LogP contribution >= 0.6 is 11.5 Å². The number of hydrogen-bond donors (Lipinski definition) is 1. The maximum atomic E-state index is 6.31. The Hall–Kier alpha value is -2.91. The molecule has 1 fully saturated rings. The van der Waals surface area contributed by atoms with E-state index in [1.54, 1.807) is 12.5 Å². The maximum absolute atomic E-state index is 6.31. The van der Waals surface area contributed by atoms with Crippen molar-refractivity contribution in [3.05, 3.63) is 42.6 Å². The molecule has 0 aliphatic carbocycles. The molecular formula is C19H19N5O3S. The smallest absolute Gasteiger partial charge is 0.244 e. The lowest BCUT2D eigenvalue weighted by Gasteiger charge is -2.23. The lowest BCUT2D eigenvalue weighted by Crippen LogP contribution is -2.26. The molecule has 28 heavy (non-hydrogen) atoms. The predicted molar refractivity (Wildman–Crippen MR) is 106 cm³/mol. The monoisotopic (exact) mass is 397 g/mol. The highest BCUT2D eigenvalue weighted by molar-refractivity contribution is 7.10. The Balaban J connectivity index is 1.57. The average Bonchev–Trinajstić information content (AvgIpc) is 3.43. The third-order valence-corrected chi connectivity index (χ3v) is 5.39. The zero-order chi connectivity index (χ0) is 18.9. The molecule has 8 nitrogen and oxygen atoms in total. The molecule has 0 aromatic carbocycles. The molecule has 5 rings (SSSR count). The van der Waals surface area contributed by atoms with Crippen LogP contribution in [0.25, 0.3) is 16.7 Å². The van der Waals surface area contributed by atoms with E-state index in [1.165, 1.54) is 11.5 Å². The van der Waals surface area contributed by atoms with E-state index in [-0.39, 0.29) is 6.10 Å². The minimum Gasteiger partial charge on any atom is -0.473 e. The lowest BCUT2D eigenvalue weighted by atomic mass is 10.1. The van der Waals surface area contributed by atoms with Gasteiger partial charge in [0.2, 0.25) is 11.8 Å². The van der Waals surface area contributed by atoms with E-state index >= 15 is 0 Å². The number of hydrogen-bond acceptors (Lipinski definition) is 8. The van der Waals surface area contributed by atoms with Crippen LogP contribution in [0.1, 0.15) is 18.5 Å². The van der Waals surface area contributed by atoms with E-state index in [1.807, 2.05) is 35.9 Å². The summed E-state index contributed by atoms with van der Waals surface area (Å²) in [5.41, 5.74) is 3.47. The number of furan rings is 1. The number of nitrogens with one attached hydrogen (secondary N) is 1. The minimum atomic E-state index is 0.0676. The summed E-state index contributed by atoms with van der Waals surface area (Å²) < 4.78 is 23.3. The first kappa shape index (κ1) is 17.2. The maximum Gasteiger partial charge on any atom is 0.244 e. The average molecular weight is 397 g/mol. The van der Waals surface area contributed by atoms with E-state index in [9.17, 15) is 0 Å². The van der Waals surface area contributed by atoms with Crippen molar-refractivity contribution in [1.29, 1.82) is 0 Å². The molecule has 0 bridgehead atoms. The summed E-state index contributed by atoms with van der Waals surface area (Å²) in [4.78, 5) is 9.35. The quantitative estimate of drug-likeness (QED) is 0.543. The third-order valence-electron chi connectivity index (χ3n) is 4.60. The number of aromatic nitrogens is 4. The van der Waals surface area contributed by atoms with E-state index < -0.39 is 0 Å². The zero-order valence-corrected chi connectivity index (χ0v) is 16.1. The van der Waals surface area contributed by atoms with Crippen molar-refractivity contribution in [2.45, 2.75) is 25.9 Å². The molecule has 1 saturated heterocycles. The summed E-state index contributed by atoms with van der Waals surface area (Å²) in [5, 5.41) is 4.13. The molecule has 1 N–H and O–H groups in total. The lowest BCUT2D eigenvalue weighted by molar-refractivity contribution is 0.0243. The van der Waals surface area contributed by atoms with Gasteiger partial charge in [-0.1, -0.05) is 0 Å². The Morgan fingerprint density at radius 1 is 1.25 bits per heavy atom. The van der Waals surface area contributed by atoms with Gasteiger partial charge in [-0.05, 0) is 30.6 Å². The van der Waals surface area contributed by atoms with Crippen molar-refractivity contribution in [2.24, 2.45) is 0 Å². The largest absolute Gasteiger partial charge is 0.473 e. The second-order valence-electron chi connectivity index (χ2n) is 6.64.